The topological polar surface area (TPSA) is 29.5 Å². The van der Waals surface area contributed by atoms with Crippen LogP contribution < -0.4 is 4.74 Å². The average molecular weight is 331 g/mol. The van der Waals surface area contributed by atoms with Gasteiger partial charge in [0, 0.05) is 5.56 Å². The van der Waals surface area contributed by atoms with Gasteiger partial charge in [-0.25, -0.2) is 0 Å². The Balaban J connectivity index is 1.92. The van der Waals surface area contributed by atoms with E-state index >= 15 is 0 Å². The third kappa shape index (κ3) is 2.93. The number of hydrogen-bond acceptors (Lipinski definition) is 2. The molecular formula is C22H34O2. The lowest BCUT2D eigenvalue weighted by molar-refractivity contribution is -0.0264. The van der Waals surface area contributed by atoms with Crippen LogP contribution in [-0.4, -0.2) is 11.7 Å². The Labute approximate surface area is 147 Å². The molecule has 0 aliphatic heterocycles. The standard InChI is InChI=1S/C22H34O2/c1-5-7-8-10-15-13-18(23)20(19(14-15)24-6-2)21-16-11-9-12-17(16)22(21,3)4/h13-14,16-17,21,23H,5-12H2,1-4H3/t16-,17?,21+/m1/s1. The quantitative estimate of drug-likeness (QED) is 0.615. The normalized spacial score (nSPS) is 27.6. The summed E-state index contributed by atoms with van der Waals surface area (Å²) in [5.74, 6) is 3.40. The van der Waals surface area contributed by atoms with Gasteiger partial charge in [-0.15, -0.1) is 0 Å². The van der Waals surface area contributed by atoms with E-state index in [-0.39, 0.29) is 5.41 Å². The number of unbranched alkanes of at least 4 members (excludes halogenated alkanes) is 2. The van der Waals surface area contributed by atoms with Crippen LogP contribution in [0, 0.1) is 17.3 Å². The van der Waals surface area contributed by atoms with Crippen LogP contribution in [0.5, 0.6) is 11.5 Å². The second kappa shape index (κ2) is 6.98. The third-order valence-corrected chi connectivity index (χ3v) is 6.61. The van der Waals surface area contributed by atoms with E-state index in [2.05, 4.69) is 26.8 Å². The van der Waals surface area contributed by atoms with E-state index in [0.29, 0.717) is 18.3 Å². The Hall–Kier alpha value is -1.18. The first-order valence-electron chi connectivity index (χ1n) is 9.99. The third-order valence-electron chi connectivity index (χ3n) is 6.61. The number of hydrogen-bond donors (Lipinski definition) is 1. The van der Waals surface area contributed by atoms with Crippen molar-refractivity contribution in [2.75, 3.05) is 6.61 Å². The number of fused-ring (bicyclic) bond motifs is 1. The number of rotatable bonds is 7. The summed E-state index contributed by atoms with van der Waals surface area (Å²) < 4.78 is 6.00. The summed E-state index contributed by atoms with van der Waals surface area (Å²) in [6, 6.07) is 4.21. The van der Waals surface area contributed by atoms with Crippen LogP contribution in [0.4, 0.5) is 0 Å². The molecule has 134 valence electrons. The Morgan fingerprint density at radius 1 is 1.17 bits per heavy atom. The van der Waals surface area contributed by atoms with E-state index in [0.717, 1.165) is 29.6 Å². The highest BCUT2D eigenvalue weighted by atomic mass is 16.5. The summed E-state index contributed by atoms with van der Waals surface area (Å²) in [6.07, 6.45) is 8.68. The summed E-state index contributed by atoms with van der Waals surface area (Å²) in [4.78, 5) is 0. The van der Waals surface area contributed by atoms with Crippen molar-refractivity contribution < 1.29 is 9.84 Å². The van der Waals surface area contributed by atoms with Gasteiger partial charge in [0.2, 0.25) is 0 Å². The van der Waals surface area contributed by atoms with Gasteiger partial charge >= 0.3 is 0 Å². The fraction of sp³-hybridized carbons (Fsp3) is 0.727. The van der Waals surface area contributed by atoms with Gasteiger partial charge in [-0.3, -0.25) is 0 Å². The molecule has 0 aromatic heterocycles. The Kier molecular flexibility index (Phi) is 5.13. The molecule has 0 saturated heterocycles. The van der Waals surface area contributed by atoms with Crippen molar-refractivity contribution in [2.45, 2.75) is 78.6 Å². The maximum absolute atomic E-state index is 10.9. The van der Waals surface area contributed by atoms with E-state index in [1.54, 1.807) is 0 Å². The zero-order valence-electron chi connectivity index (χ0n) is 15.9. The summed E-state index contributed by atoms with van der Waals surface area (Å²) in [7, 11) is 0. The predicted octanol–water partition coefficient (Wildman–Crippen LogP) is 6.06. The van der Waals surface area contributed by atoms with Crippen molar-refractivity contribution in [1.82, 2.24) is 0 Å². The molecule has 0 heterocycles. The number of aryl methyl sites for hydroxylation is 1. The number of ether oxygens (including phenoxy) is 1. The van der Waals surface area contributed by atoms with Gasteiger partial charge in [0.05, 0.1) is 6.61 Å². The smallest absolute Gasteiger partial charge is 0.126 e. The zero-order chi connectivity index (χ0) is 17.3. The van der Waals surface area contributed by atoms with Crippen LogP contribution in [0.2, 0.25) is 0 Å². The van der Waals surface area contributed by atoms with Gasteiger partial charge in [0.15, 0.2) is 0 Å². The highest BCUT2D eigenvalue weighted by Crippen LogP contribution is 2.68. The van der Waals surface area contributed by atoms with Crippen LogP contribution in [0.3, 0.4) is 0 Å². The van der Waals surface area contributed by atoms with Crippen LogP contribution in [0.15, 0.2) is 12.1 Å². The average Bonchev–Trinajstić information content (AvgIpc) is 2.97. The van der Waals surface area contributed by atoms with Gasteiger partial charge in [-0.1, -0.05) is 40.0 Å². The molecule has 0 spiro atoms. The molecule has 2 aliphatic rings. The van der Waals surface area contributed by atoms with E-state index in [1.807, 2.05) is 13.0 Å². The number of phenols is 1. The molecule has 0 bridgehead atoms. The Bertz CT molecular complexity index is 576. The molecule has 3 atom stereocenters. The molecule has 2 nitrogen and oxygen atoms in total. The van der Waals surface area contributed by atoms with E-state index in [4.69, 9.17) is 4.74 Å². The maximum atomic E-state index is 10.9. The van der Waals surface area contributed by atoms with Crippen LogP contribution in [0.25, 0.3) is 0 Å². The van der Waals surface area contributed by atoms with Crippen molar-refractivity contribution in [3.8, 4) is 11.5 Å². The molecule has 3 rings (SSSR count). The molecule has 1 N–H and O–H groups in total. The SMILES string of the molecule is CCCCCc1cc(O)c([C@@H]2[C@@H]3CCCC3C2(C)C)c(OCC)c1. The van der Waals surface area contributed by atoms with E-state index in [9.17, 15) is 5.11 Å². The van der Waals surface area contributed by atoms with Crippen molar-refractivity contribution in [1.29, 1.82) is 0 Å². The van der Waals surface area contributed by atoms with Crippen molar-refractivity contribution >= 4 is 0 Å². The van der Waals surface area contributed by atoms with Gasteiger partial charge < -0.3 is 9.84 Å². The molecule has 1 unspecified atom stereocenters. The predicted molar refractivity (Wildman–Crippen MR) is 99.9 cm³/mol. The first-order valence-corrected chi connectivity index (χ1v) is 9.99. The molecule has 0 radical (unpaired) electrons. The lowest BCUT2D eigenvalue weighted by Gasteiger charge is -2.57. The summed E-state index contributed by atoms with van der Waals surface area (Å²) >= 11 is 0. The van der Waals surface area contributed by atoms with Crippen molar-refractivity contribution in [3.63, 3.8) is 0 Å². The van der Waals surface area contributed by atoms with Crippen LogP contribution in [0.1, 0.15) is 83.3 Å². The van der Waals surface area contributed by atoms with Gasteiger partial charge in [0.25, 0.3) is 0 Å². The Morgan fingerprint density at radius 2 is 1.96 bits per heavy atom. The molecule has 2 aliphatic carbocycles. The second-order valence-corrected chi connectivity index (χ2v) is 8.42. The fourth-order valence-corrected chi connectivity index (χ4v) is 5.54. The van der Waals surface area contributed by atoms with Crippen molar-refractivity contribution in [2.24, 2.45) is 17.3 Å². The molecular weight excluding hydrogens is 296 g/mol. The molecule has 1 aromatic carbocycles. The van der Waals surface area contributed by atoms with Gasteiger partial charge in [0.1, 0.15) is 11.5 Å². The number of aromatic hydroxyl groups is 1. The minimum Gasteiger partial charge on any atom is -0.508 e. The van der Waals surface area contributed by atoms with Crippen LogP contribution >= 0.6 is 0 Å². The highest BCUT2D eigenvalue weighted by molar-refractivity contribution is 5.52. The second-order valence-electron chi connectivity index (χ2n) is 8.42. The fourth-order valence-electron chi connectivity index (χ4n) is 5.54. The lowest BCUT2D eigenvalue weighted by Crippen LogP contribution is -2.49. The summed E-state index contributed by atoms with van der Waals surface area (Å²) in [5.41, 5.74) is 2.58. The first kappa shape index (κ1) is 17.6. The Morgan fingerprint density at radius 3 is 2.67 bits per heavy atom. The monoisotopic (exact) mass is 330 g/mol. The first-order chi connectivity index (χ1) is 11.5. The minimum atomic E-state index is 0.272. The largest absolute Gasteiger partial charge is 0.508 e. The summed E-state index contributed by atoms with van der Waals surface area (Å²) in [6.45, 7) is 9.69. The molecule has 1 aromatic rings. The minimum absolute atomic E-state index is 0.272. The number of phenolic OH excluding ortho intramolecular Hbond substituents is 1. The van der Waals surface area contributed by atoms with Gasteiger partial charge in [-0.05, 0) is 73.5 Å². The molecule has 0 amide bonds. The van der Waals surface area contributed by atoms with E-state index in [1.165, 1.54) is 44.1 Å². The maximum Gasteiger partial charge on any atom is 0.126 e. The molecule has 24 heavy (non-hydrogen) atoms. The summed E-state index contributed by atoms with van der Waals surface area (Å²) in [5, 5.41) is 10.9. The molecule has 2 fully saturated rings. The van der Waals surface area contributed by atoms with Crippen molar-refractivity contribution in [3.05, 3.63) is 23.3 Å². The lowest BCUT2D eigenvalue weighted by atomic mass is 9.47. The molecule has 2 heteroatoms. The van der Waals surface area contributed by atoms with E-state index < -0.39 is 0 Å². The zero-order valence-corrected chi connectivity index (χ0v) is 15.9. The van der Waals surface area contributed by atoms with Gasteiger partial charge in [-0.2, -0.15) is 0 Å². The van der Waals surface area contributed by atoms with Crippen LogP contribution in [-0.2, 0) is 6.42 Å². The molecule has 2 saturated carbocycles. The number of benzene rings is 1. The highest BCUT2D eigenvalue weighted by Gasteiger charge is 2.59.